The molecular weight excluding hydrogens is 266 g/mol. The van der Waals surface area contributed by atoms with Gasteiger partial charge in [0.15, 0.2) is 0 Å². The molecule has 3 amide bonds. The lowest BCUT2D eigenvalue weighted by Gasteiger charge is -2.17. The first-order chi connectivity index (χ1) is 9.33. The summed E-state index contributed by atoms with van der Waals surface area (Å²) in [5, 5.41) is 0. The third-order valence-electron chi connectivity index (χ3n) is 2.48. The SMILES string of the molecule is Cc1oc(CN(CC(N)=O)CC(N)=O)cc1C(=O)NN. The van der Waals surface area contributed by atoms with Gasteiger partial charge in [-0.25, -0.2) is 5.84 Å². The van der Waals surface area contributed by atoms with E-state index in [-0.39, 0.29) is 25.2 Å². The van der Waals surface area contributed by atoms with Gasteiger partial charge >= 0.3 is 0 Å². The van der Waals surface area contributed by atoms with Gasteiger partial charge in [-0.05, 0) is 13.0 Å². The molecule has 20 heavy (non-hydrogen) atoms. The maximum Gasteiger partial charge on any atom is 0.268 e. The van der Waals surface area contributed by atoms with E-state index in [4.69, 9.17) is 21.7 Å². The van der Waals surface area contributed by atoms with Crippen molar-refractivity contribution in [2.24, 2.45) is 17.3 Å². The molecule has 9 nitrogen and oxygen atoms in total. The van der Waals surface area contributed by atoms with Gasteiger partial charge in [0.1, 0.15) is 11.5 Å². The topological polar surface area (TPSA) is 158 Å². The highest BCUT2D eigenvalue weighted by Crippen LogP contribution is 2.16. The maximum atomic E-state index is 11.4. The highest BCUT2D eigenvalue weighted by molar-refractivity contribution is 5.94. The van der Waals surface area contributed by atoms with E-state index in [1.54, 1.807) is 6.92 Å². The van der Waals surface area contributed by atoms with Crippen LogP contribution in [0.3, 0.4) is 0 Å². The first-order valence-electron chi connectivity index (χ1n) is 5.72. The molecule has 0 saturated carbocycles. The smallest absolute Gasteiger partial charge is 0.268 e. The van der Waals surface area contributed by atoms with Gasteiger partial charge in [0.25, 0.3) is 5.91 Å². The number of carbonyl (C=O) groups is 3. The lowest BCUT2D eigenvalue weighted by atomic mass is 10.2. The van der Waals surface area contributed by atoms with Crippen molar-refractivity contribution < 1.29 is 18.8 Å². The molecular formula is C11H17N5O4. The molecule has 7 N–H and O–H groups in total. The fourth-order valence-electron chi connectivity index (χ4n) is 1.75. The molecule has 0 aromatic carbocycles. The van der Waals surface area contributed by atoms with Gasteiger partial charge in [0.05, 0.1) is 25.2 Å². The summed E-state index contributed by atoms with van der Waals surface area (Å²) in [6.45, 7) is 1.41. The first-order valence-corrected chi connectivity index (χ1v) is 5.72. The summed E-state index contributed by atoms with van der Waals surface area (Å²) in [6, 6.07) is 1.48. The summed E-state index contributed by atoms with van der Waals surface area (Å²) < 4.78 is 5.37. The third-order valence-corrected chi connectivity index (χ3v) is 2.48. The predicted molar refractivity (Wildman–Crippen MR) is 68.8 cm³/mol. The number of hydrazine groups is 1. The quantitative estimate of drug-likeness (QED) is 0.256. The highest BCUT2D eigenvalue weighted by atomic mass is 16.3. The molecule has 9 heteroatoms. The second-order valence-corrected chi connectivity index (χ2v) is 4.23. The molecule has 1 aromatic rings. The number of carbonyl (C=O) groups excluding carboxylic acids is 3. The standard InChI is InChI=1S/C11H17N5O4/c1-6-8(11(19)15-14)2-7(20-6)3-16(4-9(12)17)5-10(13)18/h2H,3-5,14H2,1H3,(H2,12,17)(H2,13,18)(H,15,19). The van der Waals surface area contributed by atoms with Crippen molar-refractivity contribution in [1.82, 2.24) is 10.3 Å². The number of primary amides is 2. The first kappa shape index (κ1) is 15.7. The largest absolute Gasteiger partial charge is 0.464 e. The summed E-state index contributed by atoms with van der Waals surface area (Å²) in [5.74, 6) is 4.11. The van der Waals surface area contributed by atoms with Crippen molar-refractivity contribution in [3.8, 4) is 0 Å². The van der Waals surface area contributed by atoms with Crippen molar-refractivity contribution in [1.29, 1.82) is 0 Å². The van der Waals surface area contributed by atoms with Crippen LogP contribution < -0.4 is 22.7 Å². The Morgan fingerprint density at radius 1 is 1.25 bits per heavy atom. The minimum absolute atomic E-state index is 0.116. The molecule has 0 radical (unpaired) electrons. The van der Waals surface area contributed by atoms with Crippen molar-refractivity contribution in [2.75, 3.05) is 13.1 Å². The Kier molecular flexibility index (Phi) is 5.23. The van der Waals surface area contributed by atoms with Crippen LogP contribution >= 0.6 is 0 Å². The average molecular weight is 283 g/mol. The number of hydrogen-bond donors (Lipinski definition) is 4. The number of aryl methyl sites for hydroxylation is 1. The van der Waals surface area contributed by atoms with Gasteiger partial charge in [-0.3, -0.25) is 24.7 Å². The molecule has 110 valence electrons. The number of nitrogens with two attached hydrogens (primary N) is 3. The molecule has 0 atom stereocenters. The summed E-state index contributed by atoms with van der Waals surface area (Å²) in [7, 11) is 0. The van der Waals surface area contributed by atoms with Crippen LogP contribution in [0.15, 0.2) is 10.5 Å². The number of amides is 3. The maximum absolute atomic E-state index is 11.4. The number of nitrogens with zero attached hydrogens (tertiary/aromatic N) is 1. The zero-order chi connectivity index (χ0) is 15.3. The minimum atomic E-state index is -0.602. The second kappa shape index (κ2) is 6.68. The van der Waals surface area contributed by atoms with E-state index in [1.807, 2.05) is 5.43 Å². The second-order valence-electron chi connectivity index (χ2n) is 4.23. The molecule has 0 aliphatic heterocycles. The molecule has 1 rings (SSSR count). The number of hydrogen-bond acceptors (Lipinski definition) is 6. The van der Waals surface area contributed by atoms with E-state index < -0.39 is 17.7 Å². The molecule has 0 spiro atoms. The van der Waals surface area contributed by atoms with Crippen LogP contribution in [-0.4, -0.2) is 35.7 Å². The predicted octanol–water partition coefficient (Wildman–Crippen LogP) is -2.04. The Morgan fingerprint density at radius 3 is 2.25 bits per heavy atom. The number of furan rings is 1. The highest BCUT2D eigenvalue weighted by Gasteiger charge is 2.18. The normalized spacial score (nSPS) is 10.6. The van der Waals surface area contributed by atoms with E-state index in [9.17, 15) is 14.4 Å². The van der Waals surface area contributed by atoms with E-state index in [2.05, 4.69) is 0 Å². The third kappa shape index (κ3) is 4.37. The Bertz CT molecular complexity index is 509. The zero-order valence-corrected chi connectivity index (χ0v) is 11.0. The summed E-state index contributed by atoms with van der Waals surface area (Å²) in [6.07, 6.45) is 0. The van der Waals surface area contributed by atoms with Crippen LogP contribution in [0.2, 0.25) is 0 Å². The number of nitrogens with one attached hydrogen (secondary N) is 1. The van der Waals surface area contributed by atoms with Crippen molar-refractivity contribution in [3.05, 3.63) is 23.2 Å². The molecule has 1 aromatic heterocycles. The Labute approximate surface area is 115 Å². The Morgan fingerprint density at radius 2 is 1.80 bits per heavy atom. The average Bonchev–Trinajstić information content (AvgIpc) is 2.67. The van der Waals surface area contributed by atoms with Crippen molar-refractivity contribution in [3.63, 3.8) is 0 Å². The fourth-order valence-corrected chi connectivity index (χ4v) is 1.75. The van der Waals surface area contributed by atoms with Crippen LogP contribution in [0.5, 0.6) is 0 Å². The number of rotatable bonds is 7. The van der Waals surface area contributed by atoms with E-state index in [1.165, 1.54) is 11.0 Å². The number of nitrogen functional groups attached to an aromatic ring is 1. The summed E-state index contributed by atoms with van der Waals surface area (Å²) in [4.78, 5) is 34.7. The van der Waals surface area contributed by atoms with Gasteiger partial charge in [0.2, 0.25) is 11.8 Å². The van der Waals surface area contributed by atoms with Crippen LogP contribution in [0.25, 0.3) is 0 Å². The van der Waals surface area contributed by atoms with E-state index in [0.717, 1.165) is 0 Å². The molecule has 0 unspecified atom stereocenters. The van der Waals surface area contributed by atoms with Crippen LogP contribution in [0.4, 0.5) is 0 Å². The molecule has 0 aliphatic carbocycles. The lowest BCUT2D eigenvalue weighted by molar-refractivity contribution is -0.122. The van der Waals surface area contributed by atoms with Crippen LogP contribution in [0, 0.1) is 6.92 Å². The van der Waals surface area contributed by atoms with E-state index >= 15 is 0 Å². The Hall–Kier alpha value is -2.39. The summed E-state index contributed by atoms with van der Waals surface area (Å²) >= 11 is 0. The van der Waals surface area contributed by atoms with Crippen LogP contribution in [-0.2, 0) is 16.1 Å². The zero-order valence-electron chi connectivity index (χ0n) is 11.0. The van der Waals surface area contributed by atoms with E-state index in [0.29, 0.717) is 11.5 Å². The molecule has 0 bridgehead atoms. The van der Waals surface area contributed by atoms with Crippen LogP contribution in [0.1, 0.15) is 21.9 Å². The molecule has 0 saturated heterocycles. The van der Waals surface area contributed by atoms with Gasteiger partial charge < -0.3 is 15.9 Å². The van der Waals surface area contributed by atoms with Gasteiger partial charge in [-0.2, -0.15) is 0 Å². The molecule has 0 fully saturated rings. The monoisotopic (exact) mass is 283 g/mol. The van der Waals surface area contributed by atoms with Gasteiger partial charge in [0, 0.05) is 0 Å². The summed E-state index contributed by atoms with van der Waals surface area (Å²) in [5.41, 5.74) is 12.4. The lowest BCUT2D eigenvalue weighted by Crippen LogP contribution is -2.39. The van der Waals surface area contributed by atoms with Gasteiger partial charge in [-0.1, -0.05) is 0 Å². The van der Waals surface area contributed by atoms with Crippen molar-refractivity contribution in [2.45, 2.75) is 13.5 Å². The minimum Gasteiger partial charge on any atom is -0.464 e. The molecule has 1 heterocycles. The van der Waals surface area contributed by atoms with Crippen molar-refractivity contribution >= 4 is 17.7 Å². The molecule has 0 aliphatic rings. The fraction of sp³-hybridized carbons (Fsp3) is 0.364. The Balaban J connectivity index is 2.85. The van der Waals surface area contributed by atoms with Gasteiger partial charge in [-0.15, -0.1) is 0 Å².